The van der Waals surface area contributed by atoms with Gasteiger partial charge in [0.1, 0.15) is 0 Å². The molecule has 0 spiro atoms. The molecule has 0 unspecified atom stereocenters. The van der Waals surface area contributed by atoms with Crippen LogP contribution in [0.2, 0.25) is 0 Å². The lowest BCUT2D eigenvalue weighted by molar-refractivity contribution is 0.590. The summed E-state index contributed by atoms with van der Waals surface area (Å²) >= 11 is 0. The zero-order valence-electron chi connectivity index (χ0n) is 11.2. The maximum Gasteiger partial charge on any atom is 0.0624 e. The second kappa shape index (κ2) is 4.65. The van der Waals surface area contributed by atoms with Gasteiger partial charge in [-0.1, -0.05) is 26.0 Å². The summed E-state index contributed by atoms with van der Waals surface area (Å²) < 4.78 is 0. The van der Waals surface area contributed by atoms with E-state index in [1.807, 2.05) is 0 Å². The SMILES string of the molecule is CC(C)c1ccc2c(N3CCNCC3)c[nH]c2c1. The summed E-state index contributed by atoms with van der Waals surface area (Å²) in [5.41, 5.74) is 4.01. The van der Waals surface area contributed by atoms with E-state index >= 15 is 0 Å². The van der Waals surface area contributed by atoms with Crippen LogP contribution in [0.1, 0.15) is 25.3 Å². The Morgan fingerprint density at radius 1 is 1.17 bits per heavy atom. The molecule has 2 aromatic rings. The summed E-state index contributed by atoms with van der Waals surface area (Å²) in [7, 11) is 0. The molecule has 0 aliphatic carbocycles. The van der Waals surface area contributed by atoms with E-state index in [1.165, 1.54) is 22.2 Å². The predicted molar refractivity (Wildman–Crippen MR) is 77.5 cm³/mol. The topological polar surface area (TPSA) is 31.1 Å². The van der Waals surface area contributed by atoms with Gasteiger partial charge in [0.05, 0.1) is 5.69 Å². The Morgan fingerprint density at radius 2 is 1.94 bits per heavy atom. The minimum atomic E-state index is 0.584. The molecule has 0 amide bonds. The fourth-order valence-corrected chi connectivity index (χ4v) is 2.65. The number of benzene rings is 1. The largest absolute Gasteiger partial charge is 0.367 e. The van der Waals surface area contributed by atoms with E-state index in [9.17, 15) is 0 Å². The lowest BCUT2D eigenvalue weighted by Crippen LogP contribution is -2.43. The van der Waals surface area contributed by atoms with Crippen LogP contribution in [-0.4, -0.2) is 31.2 Å². The molecular weight excluding hydrogens is 222 g/mol. The molecule has 0 bridgehead atoms. The van der Waals surface area contributed by atoms with Crippen molar-refractivity contribution in [3.63, 3.8) is 0 Å². The van der Waals surface area contributed by atoms with Gasteiger partial charge in [0.15, 0.2) is 0 Å². The molecule has 3 heteroatoms. The van der Waals surface area contributed by atoms with Crippen molar-refractivity contribution >= 4 is 16.6 Å². The molecule has 1 aromatic heterocycles. The van der Waals surface area contributed by atoms with E-state index in [0.29, 0.717) is 5.92 Å². The standard InChI is InChI=1S/C15H21N3/c1-11(2)12-3-4-13-14(9-12)17-10-15(13)18-7-5-16-6-8-18/h3-4,9-11,16-17H,5-8H2,1-2H3. The molecule has 2 heterocycles. The monoisotopic (exact) mass is 243 g/mol. The summed E-state index contributed by atoms with van der Waals surface area (Å²) in [5.74, 6) is 0.584. The molecule has 1 aliphatic heterocycles. The molecule has 96 valence electrons. The van der Waals surface area contributed by atoms with E-state index in [-0.39, 0.29) is 0 Å². The van der Waals surface area contributed by atoms with Crippen molar-refractivity contribution in [1.29, 1.82) is 0 Å². The first-order chi connectivity index (χ1) is 8.75. The molecule has 3 nitrogen and oxygen atoms in total. The van der Waals surface area contributed by atoms with E-state index < -0.39 is 0 Å². The third-order valence-corrected chi connectivity index (χ3v) is 3.81. The van der Waals surface area contributed by atoms with E-state index in [1.54, 1.807) is 0 Å². The molecule has 1 aliphatic rings. The van der Waals surface area contributed by atoms with Gasteiger partial charge >= 0.3 is 0 Å². The summed E-state index contributed by atoms with van der Waals surface area (Å²) in [6.45, 7) is 8.83. The second-order valence-corrected chi connectivity index (χ2v) is 5.37. The van der Waals surface area contributed by atoms with E-state index in [0.717, 1.165) is 26.2 Å². The van der Waals surface area contributed by atoms with Crippen LogP contribution in [0.25, 0.3) is 10.9 Å². The van der Waals surface area contributed by atoms with Crippen LogP contribution in [0, 0.1) is 0 Å². The van der Waals surface area contributed by atoms with Crippen molar-refractivity contribution < 1.29 is 0 Å². The van der Waals surface area contributed by atoms with Crippen molar-refractivity contribution in [2.75, 3.05) is 31.1 Å². The number of fused-ring (bicyclic) bond motifs is 1. The molecule has 1 aromatic carbocycles. The van der Waals surface area contributed by atoms with Crippen molar-refractivity contribution in [3.05, 3.63) is 30.0 Å². The second-order valence-electron chi connectivity index (χ2n) is 5.37. The number of hydrogen-bond donors (Lipinski definition) is 2. The first-order valence-electron chi connectivity index (χ1n) is 6.82. The summed E-state index contributed by atoms with van der Waals surface area (Å²) in [6, 6.07) is 6.80. The Morgan fingerprint density at radius 3 is 2.67 bits per heavy atom. The van der Waals surface area contributed by atoms with Crippen LogP contribution in [0.5, 0.6) is 0 Å². The molecule has 1 fully saturated rings. The highest BCUT2D eigenvalue weighted by Gasteiger charge is 2.14. The summed E-state index contributed by atoms with van der Waals surface area (Å²) in [4.78, 5) is 5.88. The van der Waals surface area contributed by atoms with Crippen molar-refractivity contribution in [3.8, 4) is 0 Å². The van der Waals surface area contributed by atoms with Gasteiger partial charge in [0.25, 0.3) is 0 Å². The molecule has 0 saturated carbocycles. The Kier molecular flexibility index (Phi) is 3.00. The van der Waals surface area contributed by atoms with Gasteiger partial charge in [-0.05, 0) is 17.5 Å². The van der Waals surface area contributed by atoms with Crippen molar-refractivity contribution in [1.82, 2.24) is 10.3 Å². The third kappa shape index (κ3) is 1.99. The van der Waals surface area contributed by atoms with Crippen molar-refractivity contribution in [2.24, 2.45) is 0 Å². The number of aromatic amines is 1. The summed E-state index contributed by atoms with van der Waals surface area (Å²) in [6.07, 6.45) is 2.15. The predicted octanol–water partition coefficient (Wildman–Crippen LogP) is 2.70. The first-order valence-corrected chi connectivity index (χ1v) is 6.82. The van der Waals surface area contributed by atoms with Crippen LogP contribution in [0.15, 0.2) is 24.4 Å². The van der Waals surface area contributed by atoms with Crippen molar-refractivity contribution in [2.45, 2.75) is 19.8 Å². The smallest absolute Gasteiger partial charge is 0.0624 e. The molecule has 3 rings (SSSR count). The fourth-order valence-electron chi connectivity index (χ4n) is 2.65. The van der Waals surface area contributed by atoms with Crippen LogP contribution >= 0.6 is 0 Å². The van der Waals surface area contributed by atoms with Gasteiger partial charge in [0.2, 0.25) is 0 Å². The minimum absolute atomic E-state index is 0.584. The Hall–Kier alpha value is -1.48. The molecule has 2 N–H and O–H groups in total. The van der Waals surface area contributed by atoms with Gasteiger partial charge in [-0.25, -0.2) is 0 Å². The number of aromatic nitrogens is 1. The number of H-pyrrole nitrogens is 1. The zero-order valence-corrected chi connectivity index (χ0v) is 11.2. The van der Waals surface area contributed by atoms with Crippen LogP contribution in [0.4, 0.5) is 5.69 Å². The number of nitrogens with one attached hydrogen (secondary N) is 2. The van der Waals surface area contributed by atoms with Crippen LogP contribution in [0.3, 0.4) is 0 Å². The molecule has 0 radical (unpaired) electrons. The Bertz CT molecular complexity index is 536. The normalized spacial score (nSPS) is 16.7. The van der Waals surface area contributed by atoms with Gasteiger partial charge in [0, 0.05) is 43.3 Å². The van der Waals surface area contributed by atoms with Gasteiger partial charge in [-0.3, -0.25) is 0 Å². The van der Waals surface area contributed by atoms with Crippen LogP contribution < -0.4 is 10.2 Å². The summed E-state index contributed by atoms with van der Waals surface area (Å²) in [5, 5.41) is 4.75. The first kappa shape index (κ1) is 11.6. The highest BCUT2D eigenvalue weighted by atomic mass is 15.2. The number of rotatable bonds is 2. The molecule has 1 saturated heterocycles. The lowest BCUT2D eigenvalue weighted by Gasteiger charge is -2.28. The number of nitrogens with zero attached hydrogens (tertiary/aromatic N) is 1. The third-order valence-electron chi connectivity index (χ3n) is 3.81. The maximum absolute atomic E-state index is 3.42. The van der Waals surface area contributed by atoms with Crippen LogP contribution in [-0.2, 0) is 0 Å². The Balaban J connectivity index is 1.98. The highest BCUT2D eigenvalue weighted by molar-refractivity contribution is 5.93. The molecular formula is C15H21N3. The number of hydrogen-bond acceptors (Lipinski definition) is 2. The zero-order chi connectivity index (χ0) is 12.5. The maximum atomic E-state index is 3.42. The highest BCUT2D eigenvalue weighted by Crippen LogP contribution is 2.29. The average Bonchev–Trinajstić information content (AvgIpc) is 2.82. The number of piperazine rings is 1. The van der Waals surface area contributed by atoms with Gasteiger partial charge in [-0.15, -0.1) is 0 Å². The molecule has 18 heavy (non-hydrogen) atoms. The minimum Gasteiger partial charge on any atom is -0.367 e. The lowest BCUT2D eigenvalue weighted by atomic mass is 10.0. The van der Waals surface area contributed by atoms with E-state index in [2.05, 4.69) is 53.4 Å². The molecule has 0 atom stereocenters. The van der Waals surface area contributed by atoms with E-state index in [4.69, 9.17) is 0 Å². The van der Waals surface area contributed by atoms with Gasteiger partial charge < -0.3 is 15.2 Å². The Labute approximate surface area is 108 Å². The average molecular weight is 243 g/mol. The quantitative estimate of drug-likeness (QED) is 0.849. The van der Waals surface area contributed by atoms with Gasteiger partial charge in [-0.2, -0.15) is 0 Å². The fraction of sp³-hybridized carbons (Fsp3) is 0.467. The number of anilines is 1.